The van der Waals surface area contributed by atoms with Crippen LogP contribution in [0, 0.1) is 0 Å². The average molecular weight is 324 g/mol. The minimum absolute atomic E-state index is 0.0477. The number of aromatic nitrogens is 2. The number of halogens is 1. The van der Waals surface area contributed by atoms with Gasteiger partial charge >= 0.3 is 0 Å². The summed E-state index contributed by atoms with van der Waals surface area (Å²) in [6.45, 7) is 0. The van der Waals surface area contributed by atoms with E-state index in [2.05, 4.69) is 15.5 Å². The van der Waals surface area contributed by atoms with Gasteiger partial charge in [0.1, 0.15) is 0 Å². The van der Waals surface area contributed by atoms with E-state index in [0.29, 0.717) is 17.3 Å². The molecule has 2 N–H and O–H groups in total. The van der Waals surface area contributed by atoms with E-state index in [4.69, 9.17) is 11.6 Å². The maximum Gasteiger partial charge on any atom is 0.226 e. The number of hydrogen-bond donors (Lipinski definition) is 2. The summed E-state index contributed by atoms with van der Waals surface area (Å²) in [5.41, 5.74) is 3.90. The highest BCUT2D eigenvalue weighted by atomic mass is 35.5. The normalized spacial score (nSPS) is 16.7. The number of rotatable bonds is 2. The van der Waals surface area contributed by atoms with Crippen molar-refractivity contribution in [1.29, 1.82) is 0 Å². The van der Waals surface area contributed by atoms with Gasteiger partial charge in [0.25, 0.3) is 0 Å². The average Bonchev–Trinajstić information content (AvgIpc) is 2.99. The molecule has 114 valence electrons. The number of amides is 1. The van der Waals surface area contributed by atoms with E-state index in [1.807, 2.05) is 54.6 Å². The highest BCUT2D eigenvalue weighted by Gasteiger charge is 2.32. The van der Waals surface area contributed by atoms with Gasteiger partial charge in [-0.2, -0.15) is 5.10 Å². The summed E-state index contributed by atoms with van der Waals surface area (Å²) in [6.07, 6.45) is 0.357. The van der Waals surface area contributed by atoms with Gasteiger partial charge in [0.2, 0.25) is 5.91 Å². The monoisotopic (exact) mass is 323 g/mol. The number of anilines is 1. The molecule has 5 heteroatoms. The Balaban J connectivity index is 1.91. The lowest BCUT2D eigenvalue weighted by atomic mass is 9.84. The van der Waals surface area contributed by atoms with Crippen molar-refractivity contribution in [3.8, 4) is 11.3 Å². The van der Waals surface area contributed by atoms with Crippen molar-refractivity contribution in [2.45, 2.75) is 12.3 Å². The van der Waals surface area contributed by atoms with Crippen LogP contribution in [0.25, 0.3) is 11.3 Å². The summed E-state index contributed by atoms with van der Waals surface area (Å²) in [4.78, 5) is 12.1. The maximum absolute atomic E-state index is 12.1. The van der Waals surface area contributed by atoms with Crippen LogP contribution < -0.4 is 5.32 Å². The molecule has 0 fully saturated rings. The van der Waals surface area contributed by atoms with Crippen LogP contribution in [0.15, 0.2) is 54.6 Å². The summed E-state index contributed by atoms with van der Waals surface area (Å²) in [7, 11) is 0. The summed E-state index contributed by atoms with van der Waals surface area (Å²) in [5.74, 6) is 0.431. The number of hydrogen-bond acceptors (Lipinski definition) is 2. The van der Waals surface area contributed by atoms with E-state index in [9.17, 15) is 4.79 Å². The topological polar surface area (TPSA) is 57.8 Å². The van der Waals surface area contributed by atoms with Crippen LogP contribution in [0.1, 0.15) is 23.5 Å². The van der Waals surface area contributed by atoms with Crippen LogP contribution in [-0.2, 0) is 4.79 Å². The van der Waals surface area contributed by atoms with Crippen molar-refractivity contribution < 1.29 is 4.79 Å². The Hall–Kier alpha value is -2.59. The van der Waals surface area contributed by atoms with Crippen LogP contribution in [0.5, 0.6) is 0 Å². The first-order chi connectivity index (χ1) is 11.2. The SMILES string of the molecule is O=C1C[C@@H](c2ccccc2Cl)c2c(n[nH]c2-c2ccccc2)N1. The third-order valence-corrected chi connectivity index (χ3v) is 4.49. The van der Waals surface area contributed by atoms with Crippen LogP contribution >= 0.6 is 11.6 Å². The summed E-state index contributed by atoms with van der Waals surface area (Å²) < 4.78 is 0. The Bertz CT molecular complexity index is 873. The number of H-pyrrole nitrogens is 1. The molecule has 0 saturated carbocycles. The second kappa shape index (κ2) is 5.56. The van der Waals surface area contributed by atoms with Gasteiger partial charge in [-0.1, -0.05) is 60.1 Å². The van der Waals surface area contributed by atoms with Crippen molar-refractivity contribution in [3.05, 3.63) is 70.7 Å². The lowest BCUT2D eigenvalue weighted by Crippen LogP contribution is -2.23. The predicted octanol–water partition coefficient (Wildman–Crippen LogP) is 4.20. The Kier molecular flexibility index (Phi) is 3.39. The highest BCUT2D eigenvalue weighted by molar-refractivity contribution is 6.31. The third kappa shape index (κ3) is 2.41. The highest BCUT2D eigenvalue weighted by Crippen LogP contribution is 2.43. The number of fused-ring (bicyclic) bond motifs is 1. The predicted molar refractivity (Wildman–Crippen MR) is 90.6 cm³/mol. The Morgan fingerprint density at radius 1 is 1.04 bits per heavy atom. The van der Waals surface area contributed by atoms with E-state index in [0.717, 1.165) is 22.4 Å². The van der Waals surface area contributed by atoms with Crippen LogP contribution in [0.3, 0.4) is 0 Å². The van der Waals surface area contributed by atoms with E-state index in [-0.39, 0.29) is 11.8 Å². The molecule has 4 rings (SSSR count). The molecule has 0 spiro atoms. The zero-order chi connectivity index (χ0) is 15.8. The third-order valence-electron chi connectivity index (χ3n) is 4.14. The van der Waals surface area contributed by atoms with Crippen molar-refractivity contribution in [2.75, 3.05) is 5.32 Å². The number of aromatic amines is 1. The van der Waals surface area contributed by atoms with Crippen LogP contribution in [-0.4, -0.2) is 16.1 Å². The van der Waals surface area contributed by atoms with Crippen molar-refractivity contribution >= 4 is 23.3 Å². The van der Waals surface area contributed by atoms with E-state index < -0.39 is 0 Å². The summed E-state index contributed by atoms with van der Waals surface area (Å²) in [6, 6.07) is 17.6. The minimum Gasteiger partial charge on any atom is -0.309 e. The second-order valence-electron chi connectivity index (χ2n) is 5.55. The first-order valence-corrected chi connectivity index (χ1v) is 7.80. The lowest BCUT2D eigenvalue weighted by Gasteiger charge is -2.24. The van der Waals surface area contributed by atoms with Crippen molar-refractivity contribution in [2.24, 2.45) is 0 Å². The minimum atomic E-state index is -0.110. The van der Waals surface area contributed by atoms with Gasteiger partial charge in [-0.25, -0.2) is 0 Å². The van der Waals surface area contributed by atoms with E-state index >= 15 is 0 Å². The van der Waals surface area contributed by atoms with Crippen molar-refractivity contribution in [3.63, 3.8) is 0 Å². The number of carbonyl (C=O) groups excluding carboxylic acids is 1. The Morgan fingerprint density at radius 3 is 2.57 bits per heavy atom. The van der Waals surface area contributed by atoms with Gasteiger partial charge in [0.15, 0.2) is 5.82 Å². The first kappa shape index (κ1) is 14.0. The van der Waals surface area contributed by atoms with Gasteiger partial charge < -0.3 is 5.32 Å². The van der Waals surface area contributed by atoms with Crippen LogP contribution in [0.2, 0.25) is 5.02 Å². The van der Waals surface area contributed by atoms with Gasteiger partial charge in [-0.15, -0.1) is 0 Å². The molecule has 1 aliphatic rings. The fourth-order valence-corrected chi connectivity index (χ4v) is 3.37. The number of carbonyl (C=O) groups is 1. The molecule has 2 heterocycles. The number of nitrogens with one attached hydrogen (secondary N) is 2. The first-order valence-electron chi connectivity index (χ1n) is 7.42. The summed E-state index contributed by atoms with van der Waals surface area (Å²) in [5, 5.41) is 10.9. The Morgan fingerprint density at radius 2 is 1.78 bits per heavy atom. The molecule has 0 radical (unpaired) electrons. The lowest BCUT2D eigenvalue weighted by molar-refractivity contribution is -0.116. The second-order valence-corrected chi connectivity index (χ2v) is 5.96. The molecule has 3 aromatic rings. The van der Waals surface area contributed by atoms with Gasteiger partial charge in [0.05, 0.1) is 5.69 Å². The zero-order valence-corrected chi connectivity index (χ0v) is 13.0. The largest absolute Gasteiger partial charge is 0.309 e. The maximum atomic E-state index is 12.1. The molecule has 1 atom stereocenters. The zero-order valence-electron chi connectivity index (χ0n) is 12.2. The number of nitrogens with zero attached hydrogens (tertiary/aromatic N) is 1. The van der Waals surface area contributed by atoms with E-state index in [1.165, 1.54) is 0 Å². The Labute approximate surface area is 138 Å². The van der Waals surface area contributed by atoms with Gasteiger partial charge in [0, 0.05) is 22.9 Å². The smallest absolute Gasteiger partial charge is 0.226 e. The van der Waals surface area contributed by atoms with Gasteiger partial charge in [-0.05, 0) is 17.2 Å². The fraction of sp³-hybridized carbons (Fsp3) is 0.111. The summed E-state index contributed by atoms with van der Waals surface area (Å²) >= 11 is 6.37. The molecular formula is C18H14ClN3O. The van der Waals surface area contributed by atoms with Crippen molar-refractivity contribution in [1.82, 2.24) is 10.2 Å². The van der Waals surface area contributed by atoms with Gasteiger partial charge in [-0.3, -0.25) is 9.89 Å². The molecule has 2 aromatic carbocycles. The molecule has 0 unspecified atom stereocenters. The molecule has 23 heavy (non-hydrogen) atoms. The molecule has 1 aliphatic heterocycles. The molecule has 0 aliphatic carbocycles. The molecule has 0 saturated heterocycles. The number of benzene rings is 2. The van der Waals surface area contributed by atoms with Crippen LogP contribution in [0.4, 0.5) is 5.82 Å². The molecular weight excluding hydrogens is 310 g/mol. The fourth-order valence-electron chi connectivity index (χ4n) is 3.10. The molecule has 4 nitrogen and oxygen atoms in total. The molecule has 0 bridgehead atoms. The standard InChI is InChI=1S/C18H14ClN3O/c19-14-9-5-4-8-12(14)13-10-15(23)20-18-16(13)17(21-22-18)11-6-2-1-3-7-11/h1-9,13H,10H2,(H2,20,21,22,23)/t13-/m0/s1. The quantitative estimate of drug-likeness (QED) is 0.742. The molecule has 1 amide bonds. The van der Waals surface area contributed by atoms with E-state index in [1.54, 1.807) is 0 Å². The molecule has 1 aromatic heterocycles.